The molecule has 110 valence electrons. The van der Waals surface area contributed by atoms with E-state index in [1.807, 2.05) is 41.5 Å². The van der Waals surface area contributed by atoms with Crippen LogP contribution in [0.3, 0.4) is 0 Å². The smallest absolute Gasteiger partial charge is 0.177 e. The molecule has 0 unspecified atom stereocenters. The van der Waals surface area contributed by atoms with Crippen molar-refractivity contribution in [2.45, 2.75) is 52.4 Å². The number of Topliss-reactive ketones (excluding diaryl/α,β-unsaturated/α-hetero) is 1. The van der Waals surface area contributed by atoms with Gasteiger partial charge in [0.2, 0.25) is 0 Å². The molecule has 0 spiro atoms. The van der Waals surface area contributed by atoms with E-state index in [9.17, 15) is 10.1 Å². The van der Waals surface area contributed by atoms with Crippen LogP contribution in [-0.2, 0) is 16.1 Å². The van der Waals surface area contributed by atoms with Gasteiger partial charge in [0, 0.05) is 16.9 Å². The fraction of sp³-hybridized carbons (Fsp3) is 0.562. The first kappa shape index (κ1) is 17.2. The summed E-state index contributed by atoms with van der Waals surface area (Å²) in [6, 6.07) is 4.58. The minimum Gasteiger partial charge on any atom is -0.305 e. The largest absolute Gasteiger partial charge is 0.305 e. The molecule has 0 N–H and O–H groups in total. The van der Waals surface area contributed by atoms with Crippen molar-refractivity contribution in [3.8, 4) is 5.75 Å². The minimum absolute atomic E-state index is 0.00597. The van der Waals surface area contributed by atoms with E-state index in [1.165, 1.54) is 0 Å². The van der Waals surface area contributed by atoms with Crippen LogP contribution in [0.4, 0.5) is 0 Å². The van der Waals surface area contributed by atoms with Crippen LogP contribution in [0.15, 0.2) is 6.07 Å². The van der Waals surface area contributed by atoms with Crippen LogP contribution in [0, 0.1) is 6.07 Å². The molecule has 0 bridgehead atoms. The third-order valence-electron chi connectivity index (χ3n) is 3.09. The molecule has 3 nitrogen and oxygen atoms in total. The number of hydrogen-bond acceptors (Lipinski definition) is 2. The zero-order chi connectivity index (χ0) is 15.7. The highest BCUT2D eigenvalue weighted by Crippen LogP contribution is 2.37. The molecule has 4 heteroatoms. The monoisotopic (exact) mass is 340 g/mol. The van der Waals surface area contributed by atoms with Crippen molar-refractivity contribution in [2.24, 2.45) is 0 Å². The number of alkyl halides is 1. The van der Waals surface area contributed by atoms with E-state index in [1.54, 1.807) is 6.07 Å². The van der Waals surface area contributed by atoms with Crippen LogP contribution in [-0.4, -0.2) is 11.1 Å². The van der Waals surface area contributed by atoms with Crippen LogP contribution < -0.4 is 4.89 Å². The fourth-order valence-electron chi connectivity index (χ4n) is 2.12. The minimum atomic E-state index is -0.304. The van der Waals surface area contributed by atoms with E-state index in [0.29, 0.717) is 5.56 Å². The Balaban J connectivity index is 3.77. The van der Waals surface area contributed by atoms with Crippen molar-refractivity contribution in [3.63, 3.8) is 0 Å². The first-order chi connectivity index (χ1) is 9.02. The Morgan fingerprint density at radius 3 is 2.10 bits per heavy atom. The van der Waals surface area contributed by atoms with Gasteiger partial charge in [-0.15, -0.1) is 0 Å². The second-order valence-electron chi connectivity index (χ2n) is 6.94. The summed E-state index contributed by atoms with van der Waals surface area (Å²) >= 11 is 3.23. The molecule has 20 heavy (non-hydrogen) atoms. The number of rotatable bonds is 3. The first-order valence-electron chi connectivity index (χ1n) is 6.52. The van der Waals surface area contributed by atoms with Crippen LogP contribution in [0.1, 0.15) is 63.0 Å². The number of ketones is 1. The van der Waals surface area contributed by atoms with Gasteiger partial charge in [0.25, 0.3) is 0 Å². The van der Waals surface area contributed by atoms with E-state index in [0.717, 1.165) is 11.1 Å². The number of carbonyl (C=O) groups is 1. The predicted molar refractivity (Wildman–Crippen MR) is 82.1 cm³/mol. The van der Waals surface area contributed by atoms with E-state index >= 15 is 0 Å². The van der Waals surface area contributed by atoms with Gasteiger partial charge in [-0.2, -0.15) is 0 Å². The normalized spacial score (nSPS) is 12.4. The fourth-order valence-corrected chi connectivity index (χ4v) is 2.40. The van der Waals surface area contributed by atoms with E-state index in [2.05, 4.69) is 26.9 Å². The van der Waals surface area contributed by atoms with E-state index in [4.69, 9.17) is 0 Å². The molecule has 1 rings (SSSR count). The maximum Gasteiger partial charge on any atom is 0.177 e. The van der Waals surface area contributed by atoms with Gasteiger partial charge in [0.1, 0.15) is 0 Å². The first-order valence-corrected chi connectivity index (χ1v) is 7.64. The van der Waals surface area contributed by atoms with Crippen LogP contribution in [0.5, 0.6) is 5.75 Å². The lowest BCUT2D eigenvalue weighted by Gasteiger charge is -2.29. The summed E-state index contributed by atoms with van der Waals surface area (Å²) in [6.07, 6.45) is 0. The molecule has 0 saturated carbocycles. The molecule has 1 aromatic rings. The highest BCUT2D eigenvalue weighted by Gasteiger charge is 2.30. The third-order valence-corrected chi connectivity index (χ3v) is 3.60. The molecule has 1 aromatic carbocycles. The highest BCUT2D eigenvalue weighted by molar-refractivity contribution is 9.09. The Labute approximate surface area is 129 Å². The van der Waals surface area contributed by atoms with Gasteiger partial charge in [-0.05, 0) is 28.0 Å². The van der Waals surface area contributed by atoms with Gasteiger partial charge < -0.3 is 4.89 Å². The van der Waals surface area contributed by atoms with Gasteiger partial charge in [-0.25, -0.2) is 0 Å². The molecule has 0 atom stereocenters. The molecule has 0 aromatic heterocycles. The quantitative estimate of drug-likeness (QED) is 0.354. The Hall–Kier alpha value is -0.870. The number of hydrogen-bond donors (Lipinski definition) is 0. The van der Waals surface area contributed by atoms with Crippen molar-refractivity contribution >= 4 is 21.7 Å². The maximum atomic E-state index is 12.4. The molecule has 0 fully saturated rings. The molecule has 0 aliphatic rings. The highest BCUT2D eigenvalue weighted by atomic mass is 79.9. The number of carbonyl (C=O) groups excluding carboxylic acids is 1. The van der Waals surface area contributed by atoms with Crippen molar-refractivity contribution in [1.29, 1.82) is 0 Å². The third kappa shape index (κ3) is 3.61. The summed E-state index contributed by atoms with van der Waals surface area (Å²) in [5.41, 5.74) is 1.61. The standard InChI is InChI=1S/C16H21BrO3/c1-15(2,3)11-7-10(20-19)8-12(16(4,5)6)14(11)13(18)9-17/h7H,9H2,1-6H3. The summed E-state index contributed by atoms with van der Waals surface area (Å²) in [7, 11) is 0. The van der Waals surface area contributed by atoms with Crippen LogP contribution in [0.25, 0.3) is 0 Å². The lowest BCUT2D eigenvalue weighted by molar-refractivity contribution is -0.208. The second-order valence-corrected chi connectivity index (χ2v) is 7.50. The number of benzene rings is 1. The summed E-state index contributed by atoms with van der Waals surface area (Å²) < 4.78 is 0. The van der Waals surface area contributed by atoms with Crippen molar-refractivity contribution < 1.29 is 14.9 Å². The van der Waals surface area contributed by atoms with Crippen molar-refractivity contribution in [1.82, 2.24) is 0 Å². The zero-order valence-corrected chi connectivity index (χ0v) is 14.5. The second kappa shape index (κ2) is 5.86. The summed E-state index contributed by atoms with van der Waals surface area (Å²) in [4.78, 5) is 16.5. The van der Waals surface area contributed by atoms with Crippen molar-refractivity contribution in [2.75, 3.05) is 5.33 Å². The molecule has 0 saturated heterocycles. The van der Waals surface area contributed by atoms with Crippen molar-refractivity contribution in [3.05, 3.63) is 28.8 Å². The predicted octanol–water partition coefficient (Wildman–Crippen LogP) is 4.38. The zero-order valence-electron chi connectivity index (χ0n) is 12.9. The molecule has 0 amide bonds. The molecule has 0 heterocycles. The van der Waals surface area contributed by atoms with Gasteiger partial charge >= 0.3 is 0 Å². The van der Waals surface area contributed by atoms with Gasteiger partial charge in [-0.1, -0.05) is 57.5 Å². The maximum absolute atomic E-state index is 12.4. The Kier molecular flexibility index (Phi) is 5.03. The Morgan fingerprint density at radius 1 is 1.20 bits per heavy atom. The molecule has 0 aliphatic carbocycles. The Morgan fingerprint density at radius 2 is 1.75 bits per heavy atom. The topological polar surface area (TPSA) is 46.2 Å². The summed E-state index contributed by atoms with van der Waals surface area (Å²) in [5, 5.41) is 11.1. The van der Waals surface area contributed by atoms with E-state index < -0.39 is 0 Å². The lowest BCUT2D eigenvalue weighted by Crippen LogP contribution is -2.24. The van der Waals surface area contributed by atoms with E-state index in [-0.39, 0.29) is 27.7 Å². The molecular weight excluding hydrogens is 320 g/mol. The SMILES string of the molecule is CC(C)(C)c1[c]c(O[O])cc(C(C)(C)C)c1C(=O)CBr. The average molecular weight is 341 g/mol. The van der Waals surface area contributed by atoms with Gasteiger partial charge in [-0.3, -0.25) is 4.79 Å². The Bertz CT molecular complexity index is 472. The molecule has 0 aliphatic heterocycles. The average Bonchev–Trinajstić information content (AvgIpc) is 2.34. The van der Waals surface area contributed by atoms with Gasteiger partial charge in [0.15, 0.2) is 11.5 Å². The summed E-state index contributed by atoms with van der Waals surface area (Å²) in [5.74, 6) is 0.125. The molecule has 2 radical (unpaired) electrons. The van der Waals surface area contributed by atoms with Crippen LogP contribution >= 0.6 is 15.9 Å². The van der Waals surface area contributed by atoms with Crippen LogP contribution in [0.2, 0.25) is 0 Å². The summed E-state index contributed by atoms with van der Waals surface area (Å²) in [6.45, 7) is 12.0. The lowest BCUT2D eigenvalue weighted by atomic mass is 9.75. The molecular formula is C16H21BrO3. The number of halogens is 1. The van der Waals surface area contributed by atoms with Gasteiger partial charge in [0.05, 0.1) is 5.33 Å².